The number of benzene rings is 1. The molecular weight excluding hydrogens is 498 g/mol. The Morgan fingerprint density at radius 2 is 2.11 bits per heavy atom. The molecule has 1 atom stereocenters. The lowest BCUT2D eigenvalue weighted by Gasteiger charge is -2.31. The monoisotopic (exact) mass is 522 g/mol. The molecule has 10 nitrogen and oxygen atoms in total. The summed E-state index contributed by atoms with van der Waals surface area (Å²) in [5.41, 5.74) is 7.43. The highest BCUT2D eigenvalue weighted by Gasteiger charge is 2.27. The minimum absolute atomic E-state index is 0.0799. The average Bonchev–Trinajstić information content (AvgIpc) is 3.28. The molecular formula is C23H25ClF2N6O4. The molecule has 192 valence electrons. The van der Waals surface area contributed by atoms with Gasteiger partial charge in [-0.05, 0) is 11.6 Å². The molecule has 1 aliphatic rings. The van der Waals surface area contributed by atoms with Crippen LogP contribution in [0.3, 0.4) is 0 Å². The number of carbonyl (C=O) groups is 1. The van der Waals surface area contributed by atoms with Crippen LogP contribution in [-0.4, -0.2) is 76.7 Å². The molecule has 3 aromatic rings. The van der Waals surface area contributed by atoms with E-state index in [1.807, 2.05) is 24.3 Å². The maximum absolute atomic E-state index is 13.4. The first-order chi connectivity index (χ1) is 17.3. The van der Waals surface area contributed by atoms with Crippen molar-refractivity contribution < 1.29 is 27.8 Å². The first kappa shape index (κ1) is 25.7. The summed E-state index contributed by atoms with van der Waals surface area (Å²) in [5, 5.41) is 4.08. The topological polar surface area (TPSA) is 118 Å². The standard InChI is InChI=1S/C23H25ClF2N6O4/c1-34-21(33)18-13-31(7-9-36-18)6-8-35-17-5-3-2-4-14(17)10-15-12-32(22(25)26)30-20(15)16-11-19(24)29-23(27)28-16/h2-5,11-12,18,22H,6-10,13H2,1H3,(H2,27,28,29)/t18-/m1/s1. The summed E-state index contributed by atoms with van der Waals surface area (Å²) >= 11 is 5.99. The number of anilines is 1. The van der Waals surface area contributed by atoms with Crippen molar-refractivity contribution in [2.45, 2.75) is 19.1 Å². The summed E-state index contributed by atoms with van der Waals surface area (Å²) in [4.78, 5) is 21.7. The smallest absolute Gasteiger partial charge is 0.336 e. The lowest BCUT2D eigenvalue weighted by molar-refractivity contribution is -0.159. The fourth-order valence-corrected chi connectivity index (χ4v) is 4.08. The van der Waals surface area contributed by atoms with Gasteiger partial charge >= 0.3 is 12.5 Å². The first-order valence-corrected chi connectivity index (χ1v) is 11.5. The molecule has 2 N–H and O–H groups in total. The van der Waals surface area contributed by atoms with Gasteiger partial charge in [-0.3, -0.25) is 4.90 Å². The van der Waals surface area contributed by atoms with Crippen molar-refractivity contribution in [2.75, 3.05) is 45.7 Å². The molecule has 2 aromatic heterocycles. The van der Waals surface area contributed by atoms with Gasteiger partial charge in [-0.1, -0.05) is 29.8 Å². The maximum atomic E-state index is 13.4. The van der Waals surface area contributed by atoms with Gasteiger partial charge in [0.2, 0.25) is 5.95 Å². The number of nitrogen functional groups attached to an aromatic ring is 1. The minimum Gasteiger partial charge on any atom is -0.492 e. The summed E-state index contributed by atoms with van der Waals surface area (Å²) in [5.74, 6) is 0.112. The van der Waals surface area contributed by atoms with Crippen molar-refractivity contribution >= 4 is 23.5 Å². The molecule has 1 fully saturated rings. The number of halogens is 3. The van der Waals surface area contributed by atoms with Gasteiger partial charge < -0.3 is 19.9 Å². The van der Waals surface area contributed by atoms with E-state index in [2.05, 4.69) is 20.0 Å². The predicted octanol–water partition coefficient (Wildman–Crippen LogP) is 2.81. The van der Waals surface area contributed by atoms with E-state index in [0.717, 1.165) is 5.56 Å². The first-order valence-electron chi connectivity index (χ1n) is 11.1. The summed E-state index contributed by atoms with van der Waals surface area (Å²) in [7, 11) is 1.33. The molecule has 0 unspecified atom stereocenters. The van der Waals surface area contributed by atoms with Crippen LogP contribution in [0.15, 0.2) is 36.5 Å². The van der Waals surface area contributed by atoms with Gasteiger partial charge in [0.15, 0.2) is 6.10 Å². The van der Waals surface area contributed by atoms with E-state index in [-0.39, 0.29) is 28.9 Å². The van der Waals surface area contributed by atoms with Crippen LogP contribution >= 0.6 is 11.6 Å². The third-order valence-electron chi connectivity index (χ3n) is 5.60. The zero-order valence-corrected chi connectivity index (χ0v) is 20.2. The zero-order valence-electron chi connectivity index (χ0n) is 19.4. The predicted molar refractivity (Wildman–Crippen MR) is 127 cm³/mol. The Hall–Kier alpha value is -3.35. The van der Waals surface area contributed by atoms with E-state index in [9.17, 15) is 13.6 Å². The van der Waals surface area contributed by atoms with Crippen LogP contribution < -0.4 is 10.5 Å². The molecule has 0 bridgehead atoms. The third-order valence-corrected chi connectivity index (χ3v) is 5.79. The quantitative estimate of drug-likeness (QED) is 0.334. The number of rotatable bonds is 9. The lowest BCUT2D eigenvalue weighted by atomic mass is 10.0. The van der Waals surface area contributed by atoms with E-state index in [1.54, 1.807) is 0 Å². The SMILES string of the molecule is COC(=O)[C@H]1CN(CCOc2ccccc2Cc2cn(C(F)F)nc2-c2cc(Cl)nc(N)n2)CCO1. The van der Waals surface area contributed by atoms with Gasteiger partial charge in [-0.2, -0.15) is 13.9 Å². The third kappa shape index (κ3) is 6.25. The van der Waals surface area contributed by atoms with Gasteiger partial charge in [-0.25, -0.2) is 19.4 Å². The number of alkyl halides is 2. The summed E-state index contributed by atoms with van der Waals surface area (Å²) in [6.07, 6.45) is 0.899. The van der Waals surface area contributed by atoms with E-state index in [4.69, 9.17) is 31.5 Å². The van der Waals surface area contributed by atoms with Crippen molar-refractivity contribution in [1.82, 2.24) is 24.6 Å². The molecule has 1 aromatic carbocycles. The second kappa shape index (κ2) is 11.6. The number of methoxy groups -OCH3 is 1. The molecule has 3 heterocycles. The second-order valence-corrected chi connectivity index (χ2v) is 8.40. The summed E-state index contributed by atoms with van der Waals surface area (Å²) in [6, 6.07) is 8.74. The Bertz CT molecular complexity index is 1190. The second-order valence-electron chi connectivity index (χ2n) is 8.01. The molecule has 0 radical (unpaired) electrons. The molecule has 0 aliphatic carbocycles. The van der Waals surface area contributed by atoms with E-state index >= 15 is 0 Å². The Kier molecular flexibility index (Phi) is 8.28. The van der Waals surface area contributed by atoms with Crippen molar-refractivity contribution in [3.63, 3.8) is 0 Å². The average molecular weight is 523 g/mol. The molecule has 0 amide bonds. The van der Waals surface area contributed by atoms with Crippen LogP contribution in [-0.2, 0) is 20.7 Å². The van der Waals surface area contributed by atoms with Crippen molar-refractivity contribution in [1.29, 1.82) is 0 Å². The van der Waals surface area contributed by atoms with Crippen molar-refractivity contribution in [2.24, 2.45) is 0 Å². The normalized spacial score (nSPS) is 16.3. The van der Waals surface area contributed by atoms with Crippen molar-refractivity contribution in [3.8, 4) is 17.1 Å². The molecule has 1 saturated heterocycles. The number of hydrogen-bond acceptors (Lipinski definition) is 9. The number of para-hydroxylation sites is 1. The number of aromatic nitrogens is 4. The minimum atomic E-state index is -2.83. The molecule has 13 heteroatoms. The Labute approximate surface area is 210 Å². The maximum Gasteiger partial charge on any atom is 0.336 e. The number of hydrogen-bond donors (Lipinski definition) is 1. The van der Waals surface area contributed by atoms with Gasteiger partial charge in [-0.15, -0.1) is 0 Å². The van der Waals surface area contributed by atoms with Crippen LogP contribution in [0.25, 0.3) is 11.4 Å². The molecule has 36 heavy (non-hydrogen) atoms. The van der Waals surface area contributed by atoms with E-state index in [0.29, 0.717) is 48.8 Å². The Morgan fingerprint density at radius 1 is 1.31 bits per heavy atom. The van der Waals surface area contributed by atoms with Crippen LogP contribution in [0.5, 0.6) is 5.75 Å². The molecule has 0 saturated carbocycles. The molecule has 4 rings (SSSR count). The highest BCUT2D eigenvalue weighted by molar-refractivity contribution is 6.29. The highest BCUT2D eigenvalue weighted by Crippen LogP contribution is 2.29. The van der Waals surface area contributed by atoms with Crippen LogP contribution in [0, 0.1) is 0 Å². The Balaban J connectivity index is 1.49. The molecule has 1 aliphatic heterocycles. The summed E-state index contributed by atoms with van der Waals surface area (Å²) in [6.45, 7) is -0.409. The van der Waals surface area contributed by atoms with E-state index < -0.39 is 18.6 Å². The number of esters is 1. The fourth-order valence-electron chi connectivity index (χ4n) is 3.89. The number of morpholine rings is 1. The zero-order chi connectivity index (χ0) is 25.7. The Morgan fingerprint density at radius 3 is 2.86 bits per heavy atom. The van der Waals surface area contributed by atoms with E-state index in [1.165, 1.54) is 19.4 Å². The largest absolute Gasteiger partial charge is 0.492 e. The molecule has 0 spiro atoms. The van der Waals surface area contributed by atoms with Gasteiger partial charge in [0.1, 0.15) is 23.2 Å². The van der Waals surface area contributed by atoms with Crippen LogP contribution in [0.4, 0.5) is 14.7 Å². The number of nitrogens with zero attached hydrogens (tertiary/aromatic N) is 5. The lowest BCUT2D eigenvalue weighted by Crippen LogP contribution is -2.47. The number of carbonyl (C=O) groups excluding carboxylic acids is 1. The van der Waals surface area contributed by atoms with Crippen LogP contribution in [0.1, 0.15) is 17.7 Å². The highest BCUT2D eigenvalue weighted by atomic mass is 35.5. The van der Waals surface area contributed by atoms with Gasteiger partial charge in [0, 0.05) is 43.9 Å². The van der Waals surface area contributed by atoms with Gasteiger partial charge in [0.05, 0.1) is 19.4 Å². The van der Waals surface area contributed by atoms with Crippen LogP contribution in [0.2, 0.25) is 5.15 Å². The van der Waals surface area contributed by atoms with Gasteiger partial charge in [0.25, 0.3) is 0 Å². The number of ether oxygens (including phenoxy) is 3. The fraction of sp³-hybridized carbons (Fsp3) is 0.391. The summed E-state index contributed by atoms with van der Waals surface area (Å²) < 4.78 is 43.7. The van der Waals surface area contributed by atoms with Crippen molar-refractivity contribution in [3.05, 3.63) is 52.8 Å². The number of nitrogens with two attached hydrogens (primary N) is 1.